The zero-order valence-electron chi connectivity index (χ0n) is 12.7. The van der Waals surface area contributed by atoms with Crippen molar-refractivity contribution in [2.75, 3.05) is 6.54 Å². The molecule has 0 aromatic heterocycles. The molecule has 2 nitrogen and oxygen atoms in total. The molecule has 2 atom stereocenters. The molecular weight excluding hydrogens is 279 g/mol. The number of aliphatic hydroxyl groups excluding tert-OH is 1. The minimum absolute atomic E-state index is 0.101. The van der Waals surface area contributed by atoms with Gasteiger partial charge in [-0.05, 0) is 30.5 Å². The van der Waals surface area contributed by atoms with Gasteiger partial charge in [0, 0.05) is 12.6 Å². The maximum atomic E-state index is 12.5. The fourth-order valence-electron chi connectivity index (χ4n) is 2.38. The molecule has 5 heteroatoms. The molecule has 0 saturated carbocycles. The number of rotatable bonds is 7. The second kappa shape index (κ2) is 7.80. The number of halogens is 3. The van der Waals surface area contributed by atoms with E-state index in [2.05, 4.69) is 5.32 Å². The van der Waals surface area contributed by atoms with Crippen LogP contribution in [0.3, 0.4) is 0 Å². The second-order valence-corrected chi connectivity index (χ2v) is 5.39. The predicted octanol–water partition coefficient (Wildman–Crippen LogP) is 4.15. The van der Waals surface area contributed by atoms with Crippen LogP contribution < -0.4 is 5.32 Å². The summed E-state index contributed by atoms with van der Waals surface area (Å²) >= 11 is 0. The van der Waals surface area contributed by atoms with E-state index in [4.69, 9.17) is 0 Å². The third kappa shape index (κ3) is 5.32. The minimum atomic E-state index is -4.30. The summed E-state index contributed by atoms with van der Waals surface area (Å²) in [7, 11) is 0. The maximum absolute atomic E-state index is 12.5. The van der Waals surface area contributed by atoms with Gasteiger partial charge < -0.3 is 10.4 Å². The highest BCUT2D eigenvalue weighted by Gasteiger charge is 2.30. The Labute approximate surface area is 124 Å². The Morgan fingerprint density at radius 3 is 2.05 bits per heavy atom. The minimum Gasteiger partial charge on any atom is -0.392 e. The van der Waals surface area contributed by atoms with E-state index >= 15 is 0 Å². The fourth-order valence-corrected chi connectivity index (χ4v) is 2.38. The smallest absolute Gasteiger partial charge is 0.392 e. The van der Waals surface area contributed by atoms with Crippen molar-refractivity contribution in [3.8, 4) is 0 Å². The van der Waals surface area contributed by atoms with Crippen LogP contribution in [-0.2, 0) is 6.18 Å². The number of hydrogen-bond donors (Lipinski definition) is 2. The molecule has 1 aromatic carbocycles. The lowest BCUT2D eigenvalue weighted by Crippen LogP contribution is -2.33. The first-order valence-electron chi connectivity index (χ1n) is 7.38. The molecule has 1 rings (SSSR count). The molecule has 0 spiro atoms. The van der Waals surface area contributed by atoms with E-state index in [1.54, 1.807) is 0 Å². The third-order valence-corrected chi connectivity index (χ3v) is 3.96. The highest BCUT2D eigenvalue weighted by molar-refractivity contribution is 5.26. The average molecular weight is 303 g/mol. The van der Waals surface area contributed by atoms with Crippen LogP contribution in [0.1, 0.15) is 50.8 Å². The zero-order valence-corrected chi connectivity index (χ0v) is 12.7. The molecule has 2 unspecified atom stereocenters. The van der Waals surface area contributed by atoms with E-state index in [9.17, 15) is 18.3 Å². The van der Waals surface area contributed by atoms with Gasteiger partial charge >= 0.3 is 6.18 Å². The molecule has 120 valence electrons. The summed E-state index contributed by atoms with van der Waals surface area (Å²) < 4.78 is 37.5. The van der Waals surface area contributed by atoms with E-state index in [1.165, 1.54) is 12.1 Å². The lowest BCUT2D eigenvalue weighted by atomic mass is 9.96. The molecule has 0 aliphatic carbocycles. The maximum Gasteiger partial charge on any atom is 0.416 e. The highest BCUT2D eigenvalue weighted by Crippen LogP contribution is 2.29. The Morgan fingerprint density at radius 1 is 1.10 bits per heavy atom. The van der Waals surface area contributed by atoms with Crippen molar-refractivity contribution in [2.24, 2.45) is 5.92 Å². The Kier molecular flexibility index (Phi) is 6.68. The van der Waals surface area contributed by atoms with Gasteiger partial charge in [0.2, 0.25) is 0 Å². The molecule has 0 fully saturated rings. The molecule has 0 amide bonds. The van der Waals surface area contributed by atoms with Gasteiger partial charge in [0.25, 0.3) is 0 Å². The van der Waals surface area contributed by atoms with Gasteiger partial charge in [-0.15, -0.1) is 0 Å². The summed E-state index contributed by atoms with van der Waals surface area (Å²) in [6, 6.07) is 5.03. The molecule has 0 bridgehead atoms. The quantitative estimate of drug-likeness (QED) is 0.793. The highest BCUT2D eigenvalue weighted by atomic mass is 19.4. The molecule has 0 radical (unpaired) electrons. The van der Waals surface area contributed by atoms with Crippen LogP contribution >= 0.6 is 0 Å². The number of aliphatic hydroxyl groups is 1. The van der Waals surface area contributed by atoms with Crippen molar-refractivity contribution in [2.45, 2.75) is 51.9 Å². The average Bonchev–Trinajstić information content (AvgIpc) is 2.45. The van der Waals surface area contributed by atoms with Gasteiger partial charge in [0.05, 0.1) is 11.7 Å². The standard InChI is InChI=1S/C16H24F3NO/c1-4-12(5-2)15(21)10-20-11(3)13-6-8-14(9-7-13)16(17,18)19/h6-9,11-12,15,20-21H,4-5,10H2,1-3H3. The number of alkyl halides is 3. The Bertz CT molecular complexity index is 413. The number of benzene rings is 1. The van der Waals surface area contributed by atoms with E-state index in [1.807, 2.05) is 20.8 Å². The van der Waals surface area contributed by atoms with E-state index in [0.29, 0.717) is 6.54 Å². The number of hydrogen-bond acceptors (Lipinski definition) is 2. The summed E-state index contributed by atoms with van der Waals surface area (Å²) in [5.41, 5.74) is 0.135. The topological polar surface area (TPSA) is 32.3 Å². The van der Waals surface area contributed by atoms with Crippen molar-refractivity contribution >= 4 is 0 Å². The molecule has 0 aliphatic rings. The first-order valence-corrected chi connectivity index (χ1v) is 7.38. The summed E-state index contributed by atoms with van der Waals surface area (Å²) in [6.45, 7) is 6.39. The van der Waals surface area contributed by atoms with Crippen molar-refractivity contribution in [1.29, 1.82) is 0 Å². The SMILES string of the molecule is CCC(CC)C(O)CNC(C)c1ccc(C(F)(F)F)cc1. The first-order chi connectivity index (χ1) is 9.79. The molecule has 0 heterocycles. The fraction of sp³-hybridized carbons (Fsp3) is 0.625. The largest absolute Gasteiger partial charge is 0.416 e. The Hall–Kier alpha value is -1.07. The number of nitrogens with one attached hydrogen (secondary N) is 1. The Morgan fingerprint density at radius 2 is 1.62 bits per heavy atom. The van der Waals surface area contributed by atoms with Gasteiger partial charge in [-0.25, -0.2) is 0 Å². The van der Waals surface area contributed by atoms with Gasteiger partial charge in [-0.3, -0.25) is 0 Å². The molecular formula is C16H24F3NO. The summed E-state index contributed by atoms with van der Waals surface area (Å²) in [6.07, 6.45) is -2.92. The third-order valence-electron chi connectivity index (χ3n) is 3.96. The molecule has 0 aliphatic heterocycles. The van der Waals surface area contributed by atoms with Crippen LogP contribution in [0.2, 0.25) is 0 Å². The van der Waals surface area contributed by atoms with Crippen LogP contribution in [0.15, 0.2) is 24.3 Å². The van der Waals surface area contributed by atoms with Crippen molar-refractivity contribution in [1.82, 2.24) is 5.32 Å². The zero-order chi connectivity index (χ0) is 16.0. The van der Waals surface area contributed by atoms with Crippen LogP contribution in [0.25, 0.3) is 0 Å². The second-order valence-electron chi connectivity index (χ2n) is 5.39. The van der Waals surface area contributed by atoms with Gasteiger partial charge in [0.1, 0.15) is 0 Å². The van der Waals surface area contributed by atoms with Crippen LogP contribution in [0.5, 0.6) is 0 Å². The normalized spacial score (nSPS) is 15.2. The van der Waals surface area contributed by atoms with E-state index < -0.39 is 17.8 Å². The summed E-state index contributed by atoms with van der Waals surface area (Å²) in [5, 5.41) is 13.2. The predicted molar refractivity (Wildman–Crippen MR) is 77.9 cm³/mol. The monoisotopic (exact) mass is 303 g/mol. The first kappa shape index (κ1) is 18.0. The lowest BCUT2D eigenvalue weighted by Gasteiger charge is -2.23. The van der Waals surface area contributed by atoms with E-state index in [0.717, 1.165) is 30.5 Å². The van der Waals surface area contributed by atoms with Gasteiger partial charge in [-0.1, -0.05) is 38.8 Å². The summed E-state index contributed by atoms with van der Waals surface area (Å²) in [4.78, 5) is 0. The Balaban J connectivity index is 2.58. The van der Waals surface area contributed by atoms with Crippen molar-refractivity contribution < 1.29 is 18.3 Å². The summed E-state index contributed by atoms with van der Waals surface area (Å²) in [5.74, 6) is 0.248. The molecule has 2 N–H and O–H groups in total. The molecule has 21 heavy (non-hydrogen) atoms. The molecule has 0 saturated heterocycles. The van der Waals surface area contributed by atoms with Gasteiger partial charge in [0.15, 0.2) is 0 Å². The van der Waals surface area contributed by atoms with E-state index in [-0.39, 0.29) is 12.0 Å². The van der Waals surface area contributed by atoms with Crippen LogP contribution in [0, 0.1) is 5.92 Å². The van der Waals surface area contributed by atoms with Crippen molar-refractivity contribution in [3.63, 3.8) is 0 Å². The van der Waals surface area contributed by atoms with Crippen LogP contribution in [-0.4, -0.2) is 17.8 Å². The van der Waals surface area contributed by atoms with Crippen molar-refractivity contribution in [3.05, 3.63) is 35.4 Å². The lowest BCUT2D eigenvalue weighted by molar-refractivity contribution is -0.137. The van der Waals surface area contributed by atoms with Gasteiger partial charge in [-0.2, -0.15) is 13.2 Å². The van der Waals surface area contributed by atoms with Crippen LogP contribution in [0.4, 0.5) is 13.2 Å². The molecule has 1 aromatic rings.